The van der Waals surface area contributed by atoms with E-state index in [-0.39, 0.29) is 0 Å². The lowest BCUT2D eigenvalue weighted by molar-refractivity contribution is 0.728. The summed E-state index contributed by atoms with van der Waals surface area (Å²) < 4.78 is 2.48. The maximum Gasteiger partial charge on any atom is 0.0742 e. The van der Waals surface area contributed by atoms with E-state index >= 15 is 0 Å². The molecule has 0 N–H and O–H groups in total. The van der Waals surface area contributed by atoms with Crippen molar-refractivity contribution in [2.24, 2.45) is 0 Å². The summed E-state index contributed by atoms with van der Waals surface area (Å²) >= 11 is 0. The third kappa shape index (κ3) is 4.18. The van der Waals surface area contributed by atoms with E-state index in [0.717, 1.165) is 28.1 Å². The molecule has 2 nitrogen and oxygen atoms in total. The number of hydrogen-bond acceptors (Lipinski definition) is 1. The van der Waals surface area contributed by atoms with Gasteiger partial charge >= 0.3 is 0 Å². The molecule has 1 unspecified atom stereocenters. The van der Waals surface area contributed by atoms with Gasteiger partial charge in [0.15, 0.2) is 0 Å². The van der Waals surface area contributed by atoms with Crippen LogP contribution >= 0.6 is 0 Å². The van der Waals surface area contributed by atoms with Crippen LogP contribution in [0.4, 0.5) is 0 Å². The van der Waals surface area contributed by atoms with Gasteiger partial charge in [-0.15, -0.1) is 0 Å². The molecule has 0 radical (unpaired) electrons. The van der Waals surface area contributed by atoms with Crippen LogP contribution in [0.1, 0.15) is 22.3 Å². The number of pyridine rings is 1. The summed E-state index contributed by atoms with van der Waals surface area (Å²) in [4.78, 5) is 5.24. The fourth-order valence-electron chi connectivity index (χ4n) is 8.30. The van der Waals surface area contributed by atoms with Crippen molar-refractivity contribution in [3.63, 3.8) is 0 Å². The van der Waals surface area contributed by atoms with E-state index in [1.54, 1.807) is 0 Å². The Hall–Kier alpha value is -6.51. The Bertz CT molecular complexity index is 2620. The quantitative estimate of drug-likeness (QED) is 0.184. The molecule has 0 saturated heterocycles. The monoisotopic (exact) mass is 636 g/mol. The van der Waals surface area contributed by atoms with Gasteiger partial charge in [0.05, 0.1) is 33.5 Å². The molecule has 10 rings (SSSR count). The standard InChI is InChI=1S/C48H32N2/c1-4-15-33(16-5-1)36-31-43(34-17-6-2-7-18-34)49-44(32-36)35-27-29-38(30-28-35)48(37-19-8-3-9-20-37)41-23-11-13-26-46(41)50-45-25-12-10-21-39(45)40-22-14-24-42(48)47(40)50/h1-32H. The Morgan fingerprint density at radius 1 is 0.380 bits per heavy atom. The highest BCUT2D eigenvalue weighted by Gasteiger charge is 2.45. The van der Waals surface area contributed by atoms with Gasteiger partial charge in [-0.3, -0.25) is 0 Å². The molecular formula is C48H32N2. The van der Waals surface area contributed by atoms with E-state index in [0.29, 0.717) is 0 Å². The van der Waals surface area contributed by atoms with Crippen molar-refractivity contribution in [1.29, 1.82) is 0 Å². The molecule has 0 spiro atoms. The third-order valence-electron chi connectivity index (χ3n) is 10.5. The predicted molar refractivity (Wildman–Crippen MR) is 207 cm³/mol. The largest absolute Gasteiger partial charge is 0.309 e. The van der Waals surface area contributed by atoms with Crippen molar-refractivity contribution in [2.75, 3.05) is 0 Å². The Morgan fingerprint density at radius 2 is 0.920 bits per heavy atom. The highest BCUT2D eigenvalue weighted by molar-refractivity contribution is 6.12. The lowest BCUT2D eigenvalue weighted by Gasteiger charge is -2.41. The number of hydrogen-bond donors (Lipinski definition) is 0. The first-order chi connectivity index (χ1) is 24.8. The van der Waals surface area contributed by atoms with E-state index < -0.39 is 5.41 Å². The maximum absolute atomic E-state index is 5.24. The van der Waals surface area contributed by atoms with E-state index in [2.05, 4.69) is 199 Å². The van der Waals surface area contributed by atoms with Gasteiger partial charge in [-0.2, -0.15) is 0 Å². The van der Waals surface area contributed by atoms with Crippen molar-refractivity contribution >= 4 is 21.8 Å². The topological polar surface area (TPSA) is 17.8 Å². The molecule has 7 aromatic carbocycles. The van der Waals surface area contributed by atoms with E-state index in [4.69, 9.17) is 4.98 Å². The summed E-state index contributed by atoms with van der Waals surface area (Å²) in [7, 11) is 0. The second-order valence-electron chi connectivity index (χ2n) is 13.1. The fraction of sp³-hybridized carbons (Fsp3) is 0.0208. The Balaban J connectivity index is 1.22. The molecule has 2 heteroatoms. The van der Waals surface area contributed by atoms with Crippen LogP contribution in [0.2, 0.25) is 0 Å². The molecule has 2 aromatic heterocycles. The maximum atomic E-state index is 5.24. The molecule has 234 valence electrons. The zero-order chi connectivity index (χ0) is 33.1. The van der Waals surface area contributed by atoms with Crippen LogP contribution in [0.15, 0.2) is 194 Å². The highest BCUT2D eigenvalue weighted by Crippen LogP contribution is 2.54. The molecule has 0 saturated carbocycles. The van der Waals surface area contributed by atoms with E-state index in [1.165, 1.54) is 55.3 Å². The smallest absolute Gasteiger partial charge is 0.0742 e. The molecule has 0 fully saturated rings. The van der Waals surface area contributed by atoms with Crippen molar-refractivity contribution < 1.29 is 0 Å². The summed E-state index contributed by atoms with van der Waals surface area (Å²) in [5.74, 6) is 0. The first-order valence-corrected chi connectivity index (χ1v) is 17.2. The molecule has 0 aliphatic carbocycles. The van der Waals surface area contributed by atoms with Gasteiger partial charge in [-0.1, -0.05) is 170 Å². The second kappa shape index (κ2) is 11.3. The predicted octanol–water partition coefficient (Wildman–Crippen LogP) is 11.9. The van der Waals surface area contributed by atoms with Crippen LogP contribution in [-0.2, 0) is 5.41 Å². The lowest BCUT2D eigenvalue weighted by atomic mass is 9.63. The molecule has 0 bridgehead atoms. The van der Waals surface area contributed by atoms with E-state index in [9.17, 15) is 0 Å². The van der Waals surface area contributed by atoms with Crippen molar-refractivity contribution in [2.45, 2.75) is 5.41 Å². The number of rotatable bonds is 5. The molecule has 1 aliphatic heterocycles. The molecule has 50 heavy (non-hydrogen) atoms. The number of benzene rings is 7. The number of para-hydroxylation sites is 3. The van der Waals surface area contributed by atoms with Crippen LogP contribution in [0, 0.1) is 0 Å². The van der Waals surface area contributed by atoms with Gasteiger partial charge in [-0.05, 0) is 57.6 Å². The molecule has 0 amide bonds. The van der Waals surface area contributed by atoms with Crippen LogP contribution in [0.5, 0.6) is 0 Å². The third-order valence-corrected chi connectivity index (χ3v) is 10.5. The zero-order valence-corrected chi connectivity index (χ0v) is 27.4. The normalized spacial score (nSPS) is 14.9. The Kier molecular flexibility index (Phi) is 6.43. The van der Waals surface area contributed by atoms with Gasteiger partial charge in [0, 0.05) is 21.9 Å². The minimum Gasteiger partial charge on any atom is -0.309 e. The summed E-state index contributed by atoms with van der Waals surface area (Å²) in [5.41, 5.74) is 14.7. The molecule has 3 heterocycles. The zero-order valence-electron chi connectivity index (χ0n) is 27.4. The van der Waals surface area contributed by atoms with Crippen molar-refractivity contribution in [3.8, 4) is 39.3 Å². The second-order valence-corrected chi connectivity index (χ2v) is 13.1. The van der Waals surface area contributed by atoms with Crippen molar-refractivity contribution in [3.05, 3.63) is 216 Å². The number of fused-ring (bicyclic) bond motifs is 5. The fourth-order valence-corrected chi connectivity index (χ4v) is 8.30. The average molecular weight is 637 g/mol. The Morgan fingerprint density at radius 3 is 1.66 bits per heavy atom. The average Bonchev–Trinajstić information content (AvgIpc) is 3.55. The summed E-state index contributed by atoms with van der Waals surface area (Å²) in [5, 5.41) is 2.55. The van der Waals surface area contributed by atoms with Crippen LogP contribution in [0.25, 0.3) is 61.1 Å². The first kappa shape index (κ1) is 28.5. The van der Waals surface area contributed by atoms with Gasteiger partial charge < -0.3 is 4.57 Å². The van der Waals surface area contributed by atoms with Crippen molar-refractivity contribution in [1.82, 2.24) is 9.55 Å². The summed E-state index contributed by atoms with van der Waals surface area (Å²) in [6.07, 6.45) is 0. The van der Waals surface area contributed by atoms with Crippen LogP contribution in [-0.4, -0.2) is 9.55 Å². The molecule has 9 aromatic rings. The minimum absolute atomic E-state index is 0.533. The van der Waals surface area contributed by atoms with Gasteiger partial charge in [0.25, 0.3) is 0 Å². The van der Waals surface area contributed by atoms with Gasteiger partial charge in [0.2, 0.25) is 0 Å². The SMILES string of the molecule is c1ccc(-c2cc(-c3ccccc3)nc(-c3ccc(C4(c5ccccc5)c5ccccc5-n5c6ccccc6c6cccc4c65)cc3)c2)cc1. The molecular weight excluding hydrogens is 605 g/mol. The summed E-state index contributed by atoms with van der Waals surface area (Å²) in [6.45, 7) is 0. The molecule has 1 aliphatic rings. The van der Waals surface area contributed by atoms with E-state index in [1.807, 2.05) is 0 Å². The number of nitrogens with zero attached hydrogens (tertiary/aromatic N) is 2. The first-order valence-electron chi connectivity index (χ1n) is 17.2. The summed E-state index contributed by atoms with van der Waals surface area (Å²) in [6, 6.07) is 70.3. The Labute approximate surface area is 291 Å². The lowest BCUT2D eigenvalue weighted by Crippen LogP contribution is -2.35. The van der Waals surface area contributed by atoms with Gasteiger partial charge in [0.1, 0.15) is 0 Å². The van der Waals surface area contributed by atoms with Gasteiger partial charge in [-0.25, -0.2) is 4.98 Å². The minimum atomic E-state index is -0.533. The highest BCUT2D eigenvalue weighted by atomic mass is 15.0. The van der Waals surface area contributed by atoms with Crippen LogP contribution < -0.4 is 0 Å². The molecule has 1 atom stereocenters. The number of aromatic nitrogens is 2. The van der Waals surface area contributed by atoms with Crippen LogP contribution in [0.3, 0.4) is 0 Å².